The summed E-state index contributed by atoms with van der Waals surface area (Å²) in [6, 6.07) is 0. The van der Waals surface area contributed by atoms with Crippen molar-refractivity contribution in [3.63, 3.8) is 0 Å². The summed E-state index contributed by atoms with van der Waals surface area (Å²) >= 11 is 0. The number of hydrogen-bond donors (Lipinski definition) is 1. The zero-order chi connectivity index (χ0) is 11.9. The fraction of sp³-hybridized carbons (Fsp3) is 1.00. The van der Waals surface area contributed by atoms with Gasteiger partial charge in [-0.2, -0.15) is 0 Å². The molecule has 0 saturated carbocycles. The molecule has 0 aliphatic rings. The maximum Gasteiger partial charge on any atom is 0.0700 e. The second-order valence-corrected chi connectivity index (χ2v) is 3.67. The van der Waals surface area contributed by atoms with Gasteiger partial charge < -0.3 is 19.5 Å². The van der Waals surface area contributed by atoms with Gasteiger partial charge in [0.15, 0.2) is 0 Å². The van der Waals surface area contributed by atoms with Gasteiger partial charge in [0.05, 0.1) is 13.2 Å². The lowest BCUT2D eigenvalue weighted by molar-refractivity contribution is 0.0694. The fourth-order valence-electron chi connectivity index (χ4n) is 1.21. The Morgan fingerprint density at radius 3 is 2.00 bits per heavy atom. The van der Waals surface area contributed by atoms with E-state index < -0.39 is 0 Å². The predicted octanol–water partition coefficient (Wildman–Crippen LogP) is 1.45. The summed E-state index contributed by atoms with van der Waals surface area (Å²) in [5, 5.41) is 3.36. The first-order valence-electron chi connectivity index (χ1n) is 6.27. The Balaban J connectivity index is 2.83. The summed E-state index contributed by atoms with van der Waals surface area (Å²) in [7, 11) is 1.69. The first-order chi connectivity index (χ1) is 7.91. The highest BCUT2D eigenvalue weighted by Gasteiger charge is 1.91. The molecule has 0 radical (unpaired) electrons. The number of ether oxygens (including phenoxy) is 3. The Morgan fingerprint density at radius 1 is 0.812 bits per heavy atom. The Kier molecular flexibility index (Phi) is 14.7. The topological polar surface area (TPSA) is 39.7 Å². The third-order valence-corrected chi connectivity index (χ3v) is 2.06. The average molecular weight is 233 g/mol. The smallest absolute Gasteiger partial charge is 0.0700 e. The van der Waals surface area contributed by atoms with Gasteiger partial charge in [0.25, 0.3) is 0 Å². The van der Waals surface area contributed by atoms with E-state index in [9.17, 15) is 0 Å². The summed E-state index contributed by atoms with van der Waals surface area (Å²) in [4.78, 5) is 0. The SMILES string of the molecule is CCCOCCCNCCCOCCOC. The van der Waals surface area contributed by atoms with E-state index in [0.29, 0.717) is 13.2 Å². The Bertz CT molecular complexity index is 109. The van der Waals surface area contributed by atoms with E-state index in [1.165, 1.54) is 0 Å². The first-order valence-corrected chi connectivity index (χ1v) is 6.27. The van der Waals surface area contributed by atoms with Gasteiger partial charge in [-0.05, 0) is 32.4 Å². The van der Waals surface area contributed by atoms with E-state index >= 15 is 0 Å². The molecular weight excluding hydrogens is 206 g/mol. The molecule has 98 valence electrons. The number of methoxy groups -OCH3 is 1. The van der Waals surface area contributed by atoms with Crippen molar-refractivity contribution in [3.8, 4) is 0 Å². The van der Waals surface area contributed by atoms with Gasteiger partial charge in [-0.1, -0.05) is 6.92 Å². The Hall–Kier alpha value is -0.160. The van der Waals surface area contributed by atoms with Gasteiger partial charge in [-0.25, -0.2) is 0 Å². The van der Waals surface area contributed by atoms with E-state index in [2.05, 4.69) is 12.2 Å². The molecule has 0 amide bonds. The van der Waals surface area contributed by atoms with Crippen molar-refractivity contribution < 1.29 is 14.2 Å². The molecule has 1 N–H and O–H groups in total. The lowest BCUT2D eigenvalue weighted by atomic mass is 10.4. The molecule has 0 fully saturated rings. The lowest BCUT2D eigenvalue weighted by Crippen LogP contribution is -2.19. The molecule has 0 saturated heterocycles. The molecular formula is C12H27NO3. The molecule has 0 atom stereocenters. The monoisotopic (exact) mass is 233 g/mol. The van der Waals surface area contributed by atoms with Crippen molar-refractivity contribution in [1.82, 2.24) is 5.32 Å². The molecule has 16 heavy (non-hydrogen) atoms. The first kappa shape index (κ1) is 15.8. The maximum absolute atomic E-state index is 5.38. The minimum Gasteiger partial charge on any atom is -0.382 e. The average Bonchev–Trinajstić information content (AvgIpc) is 2.31. The molecule has 0 unspecified atom stereocenters. The second-order valence-electron chi connectivity index (χ2n) is 3.67. The molecule has 0 aromatic rings. The van der Waals surface area contributed by atoms with Crippen molar-refractivity contribution in [2.75, 3.05) is 53.2 Å². The molecule has 4 heteroatoms. The number of rotatable bonds is 13. The van der Waals surface area contributed by atoms with Crippen molar-refractivity contribution in [3.05, 3.63) is 0 Å². The van der Waals surface area contributed by atoms with Crippen molar-refractivity contribution in [2.45, 2.75) is 26.2 Å². The standard InChI is InChI=1S/C12H27NO3/c1-3-8-15-9-4-6-13-7-5-10-16-12-11-14-2/h13H,3-12H2,1-2H3. The molecule has 0 bridgehead atoms. The number of hydrogen-bond acceptors (Lipinski definition) is 4. The highest BCUT2D eigenvalue weighted by atomic mass is 16.5. The lowest BCUT2D eigenvalue weighted by Gasteiger charge is -2.06. The summed E-state index contributed by atoms with van der Waals surface area (Å²) < 4.78 is 15.6. The Morgan fingerprint density at radius 2 is 1.44 bits per heavy atom. The van der Waals surface area contributed by atoms with Crippen LogP contribution in [0.2, 0.25) is 0 Å². The van der Waals surface area contributed by atoms with Crippen LogP contribution in [0.5, 0.6) is 0 Å². The van der Waals surface area contributed by atoms with Gasteiger partial charge in [-0.15, -0.1) is 0 Å². The van der Waals surface area contributed by atoms with Crippen LogP contribution >= 0.6 is 0 Å². The molecule has 4 nitrogen and oxygen atoms in total. The Labute approximate surface area is 99.6 Å². The summed E-state index contributed by atoms with van der Waals surface area (Å²) in [5.41, 5.74) is 0. The van der Waals surface area contributed by atoms with Gasteiger partial charge in [0.2, 0.25) is 0 Å². The third kappa shape index (κ3) is 13.8. The molecule has 0 aliphatic carbocycles. The zero-order valence-corrected chi connectivity index (χ0v) is 10.8. The van der Waals surface area contributed by atoms with Gasteiger partial charge in [-0.3, -0.25) is 0 Å². The van der Waals surface area contributed by atoms with E-state index in [4.69, 9.17) is 14.2 Å². The highest BCUT2D eigenvalue weighted by molar-refractivity contribution is 4.47. The van der Waals surface area contributed by atoms with Crippen LogP contribution in [0.15, 0.2) is 0 Å². The molecule has 0 rings (SSSR count). The quantitative estimate of drug-likeness (QED) is 0.489. The fourth-order valence-corrected chi connectivity index (χ4v) is 1.21. The van der Waals surface area contributed by atoms with Gasteiger partial charge in [0, 0.05) is 26.9 Å². The van der Waals surface area contributed by atoms with Crippen LogP contribution < -0.4 is 5.32 Å². The summed E-state index contributed by atoms with van der Waals surface area (Å²) in [5.74, 6) is 0. The normalized spacial score (nSPS) is 10.9. The predicted molar refractivity (Wildman–Crippen MR) is 65.9 cm³/mol. The molecule has 0 aromatic heterocycles. The minimum absolute atomic E-state index is 0.683. The zero-order valence-electron chi connectivity index (χ0n) is 10.8. The van der Waals surface area contributed by atoms with Crippen molar-refractivity contribution in [2.24, 2.45) is 0 Å². The summed E-state index contributed by atoms with van der Waals surface area (Å²) in [6.07, 6.45) is 3.25. The third-order valence-electron chi connectivity index (χ3n) is 2.06. The molecule has 0 aliphatic heterocycles. The van der Waals surface area contributed by atoms with Crippen LogP contribution in [-0.2, 0) is 14.2 Å². The van der Waals surface area contributed by atoms with Crippen LogP contribution in [0.25, 0.3) is 0 Å². The maximum atomic E-state index is 5.38. The van der Waals surface area contributed by atoms with Crippen LogP contribution in [-0.4, -0.2) is 53.2 Å². The van der Waals surface area contributed by atoms with E-state index in [1.807, 2.05) is 0 Å². The van der Waals surface area contributed by atoms with E-state index in [0.717, 1.165) is 52.2 Å². The summed E-state index contributed by atoms with van der Waals surface area (Å²) in [6.45, 7) is 8.11. The van der Waals surface area contributed by atoms with Crippen LogP contribution in [0.3, 0.4) is 0 Å². The van der Waals surface area contributed by atoms with Crippen molar-refractivity contribution in [1.29, 1.82) is 0 Å². The molecule has 0 aromatic carbocycles. The minimum atomic E-state index is 0.683. The van der Waals surface area contributed by atoms with E-state index in [1.54, 1.807) is 7.11 Å². The van der Waals surface area contributed by atoms with Gasteiger partial charge in [0.1, 0.15) is 0 Å². The number of nitrogens with one attached hydrogen (secondary N) is 1. The highest BCUT2D eigenvalue weighted by Crippen LogP contribution is 1.85. The van der Waals surface area contributed by atoms with Gasteiger partial charge >= 0.3 is 0 Å². The second kappa shape index (κ2) is 14.8. The largest absolute Gasteiger partial charge is 0.382 e. The van der Waals surface area contributed by atoms with Crippen LogP contribution in [0.4, 0.5) is 0 Å². The molecule has 0 spiro atoms. The van der Waals surface area contributed by atoms with E-state index in [-0.39, 0.29) is 0 Å². The molecule has 0 heterocycles. The van der Waals surface area contributed by atoms with Crippen molar-refractivity contribution >= 4 is 0 Å². The van der Waals surface area contributed by atoms with Crippen LogP contribution in [0, 0.1) is 0 Å². The van der Waals surface area contributed by atoms with Crippen LogP contribution in [0.1, 0.15) is 26.2 Å².